The first-order valence-corrected chi connectivity index (χ1v) is 9.70. The van der Waals surface area contributed by atoms with Gasteiger partial charge in [-0.15, -0.1) is 0 Å². The van der Waals surface area contributed by atoms with Gasteiger partial charge in [-0.25, -0.2) is 8.78 Å². The van der Waals surface area contributed by atoms with Crippen molar-refractivity contribution >= 4 is 17.4 Å². The smallest absolute Gasteiger partial charge is 0.142 e. The molecule has 142 valence electrons. The molecule has 2 aliphatic rings. The van der Waals surface area contributed by atoms with E-state index in [-0.39, 0.29) is 17.0 Å². The van der Waals surface area contributed by atoms with Gasteiger partial charge in [0.2, 0.25) is 0 Å². The molecule has 0 bridgehead atoms. The van der Waals surface area contributed by atoms with Crippen LogP contribution in [0.25, 0.3) is 11.1 Å². The molecular weight excluding hydrogens is 354 g/mol. The van der Waals surface area contributed by atoms with Crippen LogP contribution >= 0.6 is 0 Å². The maximum Gasteiger partial charge on any atom is 0.142 e. The normalized spacial score (nSPS) is 18.7. The van der Waals surface area contributed by atoms with Crippen LogP contribution in [0.1, 0.15) is 43.2 Å². The molecule has 0 saturated heterocycles. The SMILES string of the molecule is O=C/C=C/C1=C(c2ccc(F)cc2)C=C(c2ccc(F)cc2)CC12CCCC2. The number of aldehydes is 1. The van der Waals surface area contributed by atoms with Gasteiger partial charge in [-0.3, -0.25) is 4.79 Å². The molecule has 28 heavy (non-hydrogen) atoms. The molecule has 1 fully saturated rings. The third-order valence-electron chi connectivity index (χ3n) is 5.98. The Morgan fingerprint density at radius 2 is 1.39 bits per heavy atom. The van der Waals surface area contributed by atoms with Crippen LogP contribution in [0.5, 0.6) is 0 Å². The molecule has 4 rings (SSSR count). The molecule has 2 aromatic carbocycles. The number of hydrogen-bond acceptors (Lipinski definition) is 1. The van der Waals surface area contributed by atoms with Gasteiger partial charge in [-0.05, 0) is 82.9 Å². The molecule has 0 aromatic heterocycles. The van der Waals surface area contributed by atoms with E-state index in [1.54, 1.807) is 18.2 Å². The average molecular weight is 376 g/mol. The van der Waals surface area contributed by atoms with Crippen molar-refractivity contribution in [2.75, 3.05) is 0 Å². The molecule has 0 aliphatic heterocycles. The van der Waals surface area contributed by atoms with Crippen molar-refractivity contribution in [1.82, 2.24) is 0 Å². The monoisotopic (exact) mass is 376 g/mol. The number of carbonyl (C=O) groups is 1. The molecule has 2 aliphatic carbocycles. The first kappa shape index (κ1) is 18.5. The van der Waals surface area contributed by atoms with E-state index in [9.17, 15) is 13.6 Å². The van der Waals surface area contributed by atoms with E-state index in [0.29, 0.717) is 0 Å². The highest BCUT2D eigenvalue weighted by Gasteiger charge is 2.40. The minimum atomic E-state index is -0.275. The van der Waals surface area contributed by atoms with E-state index in [1.165, 1.54) is 24.3 Å². The zero-order valence-corrected chi connectivity index (χ0v) is 15.6. The largest absolute Gasteiger partial charge is 0.299 e. The van der Waals surface area contributed by atoms with Crippen LogP contribution in [-0.2, 0) is 4.79 Å². The highest BCUT2D eigenvalue weighted by Crippen LogP contribution is 2.55. The maximum atomic E-state index is 13.5. The van der Waals surface area contributed by atoms with Gasteiger partial charge >= 0.3 is 0 Å². The Labute approximate surface area is 164 Å². The highest BCUT2D eigenvalue weighted by atomic mass is 19.1. The van der Waals surface area contributed by atoms with Crippen molar-refractivity contribution in [2.45, 2.75) is 32.1 Å². The summed E-state index contributed by atoms with van der Waals surface area (Å²) in [6, 6.07) is 13.1. The van der Waals surface area contributed by atoms with Gasteiger partial charge in [0, 0.05) is 0 Å². The number of rotatable bonds is 4. The summed E-state index contributed by atoms with van der Waals surface area (Å²) in [5, 5.41) is 0. The Morgan fingerprint density at radius 3 is 1.96 bits per heavy atom. The van der Waals surface area contributed by atoms with Crippen LogP contribution in [-0.4, -0.2) is 6.29 Å². The number of carbonyl (C=O) groups excluding carboxylic acids is 1. The van der Waals surface area contributed by atoms with Crippen molar-refractivity contribution in [3.63, 3.8) is 0 Å². The predicted molar refractivity (Wildman–Crippen MR) is 108 cm³/mol. The van der Waals surface area contributed by atoms with Gasteiger partial charge in [-0.2, -0.15) is 0 Å². The summed E-state index contributed by atoms with van der Waals surface area (Å²) in [6.45, 7) is 0. The van der Waals surface area contributed by atoms with Crippen molar-refractivity contribution in [1.29, 1.82) is 0 Å². The van der Waals surface area contributed by atoms with Gasteiger partial charge < -0.3 is 0 Å². The predicted octanol–water partition coefficient (Wildman–Crippen LogP) is 6.52. The highest BCUT2D eigenvalue weighted by molar-refractivity contribution is 5.90. The van der Waals surface area contributed by atoms with E-state index in [1.807, 2.05) is 18.2 Å². The summed E-state index contributed by atoms with van der Waals surface area (Å²) in [5.41, 5.74) is 5.22. The van der Waals surface area contributed by atoms with E-state index < -0.39 is 0 Å². The van der Waals surface area contributed by atoms with Crippen molar-refractivity contribution in [2.24, 2.45) is 5.41 Å². The van der Waals surface area contributed by atoms with Crippen LogP contribution < -0.4 is 0 Å². The summed E-state index contributed by atoms with van der Waals surface area (Å²) in [5.74, 6) is -0.525. The first-order chi connectivity index (χ1) is 13.6. The van der Waals surface area contributed by atoms with Crippen molar-refractivity contribution in [3.8, 4) is 0 Å². The van der Waals surface area contributed by atoms with E-state index >= 15 is 0 Å². The number of hydrogen-bond donors (Lipinski definition) is 0. The average Bonchev–Trinajstić information content (AvgIpc) is 3.16. The molecule has 0 unspecified atom stereocenters. The van der Waals surface area contributed by atoms with E-state index in [0.717, 1.165) is 66.2 Å². The molecule has 0 N–H and O–H groups in total. The molecule has 3 heteroatoms. The zero-order valence-electron chi connectivity index (χ0n) is 15.6. The lowest BCUT2D eigenvalue weighted by molar-refractivity contribution is -0.104. The van der Waals surface area contributed by atoms with Crippen molar-refractivity contribution in [3.05, 3.63) is 95.1 Å². The summed E-state index contributed by atoms with van der Waals surface area (Å²) in [6.07, 6.45) is 11.7. The standard InChI is InChI=1S/C25H22F2O/c26-21-9-5-18(6-10-21)20-16-23(19-7-11-22(27)12-8-19)24(4-3-15-28)25(17-20)13-1-2-14-25/h3-12,15-16H,1-2,13-14,17H2/b4-3+. The van der Waals surface area contributed by atoms with Crippen LogP contribution in [0.2, 0.25) is 0 Å². The van der Waals surface area contributed by atoms with Crippen LogP contribution in [0.4, 0.5) is 8.78 Å². The first-order valence-electron chi connectivity index (χ1n) is 9.70. The van der Waals surface area contributed by atoms with Crippen LogP contribution in [0, 0.1) is 17.0 Å². The van der Waals surface area contributed by atoms with Crippen LogP contribution in [0.3, 0.4) is 0 Å². The minimum absolute atomic E-state index is 0.0400. The molecule has 1 nitrogen and oxygen atoms in total. The molecule has 2 aromatic rings. The topological polar surface area (TPSA) is 17.1 Å². The minimum Gasteiger partial charge on any atom is -0.299 e. The molecule has 0 amide bonds. The zero-order chi connectivity index (χ0) is 19.6. The maximum absolute atomic E-state index is 13.5. The molecule has 1 spiro atoms. The fourth-order valence-corrected chi connectivity index (χ4v) is 4.67. The van der Waals surface area contributed by atoms with E-state index in [2.05, 4.69) is 6.08 Å². The summed E-state index contributed by atoms with van der Waals surface area (Å²) in [7, 11) is 0. The fourth-order valence-electron chi connectivity index (χ4n) is 4.67. The Hall–Kier alpha value is -2.81. The quantitative estimate of drug-likeness (QED) is 0.438. The second-order valence-electron chi connectivity index (χ2n) is 7.67. The lowest BCUT2D eigenvalue weighted by atomic mass is 9.66. The molecule has 0 atom stereocenters. The van der Waals surface area contributed by atoms with E-state index in [4.69, 9.17) is 0 Å². The third-order valence-corrected chi connectivity index (χ3v) is 5.98. The van der Waals surface area contributed by atoms with Crippen molar-refractivity contribution < 1.29 is 13.6 Å². The summed E-state index contributed by atoms with van der Waals surface area (Å²) in [4.78, 5) is 11.0. The Bertz CT molecular complexity index is 957. The second kappa shape index (κ2) is 7.67. The summed E-state index contributed by atoms with van der Waals surface area (Å²) >= 11 is 0. The number of allylic oxidation sites excluding steroid dienone is 6. The molecule has 0 heterocycles. The Kier molecular flexibility index (Phi) is 5.08. The molecule has 0 radical (unpaired) electrons. The molecule has 1 saturated carbocycles. The second-order valence-corrected chi connectivity index (χ2v) is 7.67. The fraction of sp³-hybridized carbons (Fsp3) is 0.240. The number of halogens is 2. The lowest BCUT2D eigenvalue weighted by Gasteiger charge is -2.37. The Morgan fingerprint density at radius 1 is 0.821 bits per heavy atom. The van der Waals surface area contributed by atoms with Gasteiger partial charge in [0.05, 0.1) is 0 Å². The third kappa shape index (κ3) is 3.49. The van der Waals surface area contributed by atoms with Gasteiger partial charge in [0.25, 0.3) is 0 Å². The molecular formula is C25H22F2O. The van der Waals surface area contributed by atoms with Gasteiger partial charge in [-0.1, -0.05) is 49.3 Å². The Balaban J connectivity index is 1.92. The van der Waals surface area contributed by atoms with Gasteiger partial charge in [0.15, 0.2) is 0 Å². The number of benzene rings is 2. The lowest BCUT2D eigenvalue weighted by Crippen LogP contribution is -2.23. The van der Waals surface area contributed by atoms with Gasteiger partial charge in [0.1, 0.15) is 17.9 Å². The van der Waals surface area contributed by atoms with Crippen LogP contribution in [0.15, 0.2) is 72.3 Å². The summed E-state index contributed by atoms with van der Waals surface area (Å²) < 4.78 is 26.9.